The summed E-state index contributed by atoms with van der Waals surface area (Å²) >= 11 is 0. The number of nitrogens with one attached hydrogen (secondary N) is 1. The molecule has 1 N–H and O–H groups in total. The number of hydrogen-bond donors (Lipinski definition) is 1. The Balaban J connectivity index is 1.63. The lowest BCUT2D eigenvalue weighted by molar-refractivity contribution is 0.0939. The minimum Gasteiger partial charge on any atom is -0.494 e. The smallest absolute Gasteiger partial charge is 0.251 e. The lowest BCUT2D eigenvalue weighted by atomic mass is 9.99. The van der Waals surface area contributed by atoms with Crippen LogP contribution >= 0.6 is 0 Å². The summed E-state index contributed by atoms with van der Waals surface area (Å²) in [5.74, 6) is 1.52. The van der Waals surface area contributed by atoms with Crippen molar-refractivity contribution in [1.82, 2.24) is 5.32 Å². The van der Waals surface area contributed by atoms with Crippen molar-refractivity contribution in [2.45, 2.75) is 46.6 Å². The van der Waals surface area contributed by atoms with E-state index >= 15 is 0 Å². The molecule has 0 aliphatic carbocycles. The number of amides is 1. The van der Waals surface area contributed by atoms with Crippen LogP contribution in [0.4, 0.5) is 5.69 Å². The fourth-order valence-electron chi connectivity index (χ4n) is 3.87. The highest BCUT2D eigenvalue weighted by Gasteiger charge is 2.17. The van der Waals surface area contributed by atoms with Gasteiger partial charge in [0, 0.05) is 24.3 Å². The molecule has 28 heavy (non-hydrogen) atoms. The highest BCUT2D eigenvalue weighted by Crippen LogP contribution is 2.25. The van der Waals surface area contributed by atoms with E-state index in [4.69, 9.17) is 4.74 Å². The van der Waals surface area contributed by atoms with Crippen LogP contribution in [0.1, 0.15) is 61.1 Å². The first-order valence-corrected chi connectivity index (χ1v) is 10.4. The minimum atomic E-state index is -0.0624. The van der Waals surface area contributed by atoms with Gasteiger partial charge in [-0.05, 0) is 81.0 Å². The molecule has 2 aromatic carbocycles. The van der Waals surface area contributed by atoms with Crippen LogP contribution in [0, 0.1) is 12.8 Å². The Bertz CT molecular complexity index is 801. The van der Waals surface area contributed by atoms with Crippen LogP contribution in [0.5, 0.6) is 5.75 Å². The van der Waals surface area contributed by atoms with E-state index in [1.54, 1.807) is 0 Å². The lowest BCUT2D eigenvalue weighted by Crippen LogP contribution is -2.34. The maximum Gasteiger partial charge on any atom is 0.251 e. The van der Waals surface area contributed by atoms with Crippen molar-refractivity contribution in [1.29, 1.82) is 0 Å². The van der Waals surface area contributed by atoms with E-state index in [0.717, 1.165) is 35.9 Å². The molecule has 4 heteroatoms. The molecule has 3 rings (SSSR count). The van der Waals surface area contributed by atoms with Crippen LogP contribution in [0.25, 0.3) is 0 Å². The van der Waals surface area contributed by atoms with E-state index in [9.17, 15) is 4.79 Å². The summed E-state index contributed by atoms with van der Waals surface area (Å²) in [6.07, 6.45) is 2.58. The third-order valence-corrected chi connectivity index (χ3v) is 5.50. The van der Waals surface area contributed by atoms with Gasteiger partial charge in [0.05, 0.1) is 12.6 Å². The highest BCUT2D eigenvalue weighted by molar-refractivity contribution is 5.94. The van der Waals surface area contributed by atoms with E-state index < -0.39 is 0 Å². The maximum atomic E-state index is 12.6. The average molecular weight is 381 g/mol. The molecule has 0 aromatic heterocycles. The Morgan fingerprint density at radius 2 is 2.00 bits per heavy atom. The summed E-state index contributed by atoms with van der Waals surface area (Å²) in [5.41, 5.74) is 4.02. The van der Waals surface area contributed by atoms with Gasteiger partial charge in [0.1, 0.15) is 5.75 Å². The van der Waals surface area contributed by atoms with Crippen LogP contribution in [-0.2, 0) is 0 Å². The Labute approximate surface area is 168 Å². The fourth-order valence-corrected chi connectivity index (χ4v) is 3.87. The predicted molar refractivity (Wildman–Crippen MR) is 115 cm³/mol. The molecule has 0 spiro atoms. The molecule has 1 amide bonds. The van der Waals surface area contributed by atoms with Gasteiger partial charge in [-0.3, -0.25) is 4.79 Å². The van der Waals surface area contributed by atoms with Gasteiger partial charge < -0.3 is 15.0 Å². The van der Waals surface area contributed by atoms with Crippen molar-refractivity contribution in [3.8, 4) is 5.75 Å². The second-order valence-electron chi connectivity index (χ2n) is 7.89. The number of aryl methyl sites for hydroxylation is 1. The molecule has 2 aromatic rings. The molecule has 2 atom stereocenters. The van der Waals surface area contributed by atoms with Crippen molar-refractivity contribution in [3.05, 3.63) is 59.2 Å². The summed E-state index contributed by atoms with van der Waals surface area (Å²) in [7, 11) is 0. The number of ether oxygens (including phenoxy) is 1. The number of nitrogens with zero attached hydrogens (tertiary/aromatic N) is 1. The van der Waals surface area contributed by atoms with Gasteiger partial charge in [0.15, 0.2) is 0 Å². The highest BCUT2D eigenvalue weighted by atomic mass is 16.5. The number of anilines is 1. The van der Waals surface area contributed by atoms with E-state index in [0.29, 0.717) is 12.2 Å². The maximum absolute atomic E-state index is 12.6. The number of carbonyl (C=O) groups is 1. The lowest BCUT2D eigenvalue weighted by Gasteiger charge is -2.33. The summed E-state index contributed by atoms with van der Waals surface area (Å²) in [5, 5.41) is 3.10. The second kappa shape index (κ2) is 9.13. The minimum absolute atomic E-state index is 0.0475. The van der Waals surface area contributed by atoms with Crippen molar-refractivity contribution in [2.75, 3.05) is 24.6 Å². The van der Waals surface area contributed by atoms with E-state index in [1.165, 1.54) is 18.5 Å². The summed E-state index contributed by atoms with van der Waals surface area (Å²) in [6, 6.07) is 14.1. The molecule has 0 saturated carbocycles. The van der Waals surface area contributed by atoms with Crippen LogP contribution in [-0.4, -0.2) is 25.6 Å². The largest absolute Gasteiger partial charge is 0.494 e. The van der Waals surface area contributed by atoms with Crippen LogP contribution in [0.15, 0.2) is 42.5 Å². The first-order chi connectivity index (χ1) is 13.5. The number of carbonyl (C=O) groups excluding carboxylic acids is 1. The molecule has 1 heterocycles. The molecule has 0 bridgehead atoms. The van der Waals surface area contributed by atoms with Gasteiger partial charge in [-0.2, -0.15) is 0 Å². The predicted octanol–water partition coefficient (Wildman–Crippen LogP) is 5.12. The first kappa shape index (κ1) is 20.2. The number of benzene rings is 2. The Morgan fingerprint density at radius 1 is 1.25 bits per heavy atom. The molecule has 1 aliphatic rings. The third-order valence-electron chi connectivity index (χ3n) is 5.50. The van der Waals surface area contributed by atoms with Gasteiger partial charge in [-0.1, -0.05) is 19.1 Å². The topological polar surface area (TPSA) is 41.6 Å². The average Bonchev–Trinajstić information content (AvgIpc) is 2.69. The van der Waals surface area contributed by atoms with Crippen molar-refractivity contribution in [3.63, 3.8) is 0 Å². The van der Waals surface area contributed by atoms with Crippen molar-refractivity contribution in [2.24, 2.45) is 5.92 Å². The zero-order valence-corrected chi connectivity index (χ0v) is 17.5. The van der Waals surface area contributed by atoms with E-state index in [-0.39, 0.29) is 11.9 Å². The number of piperidine rings is 1. The third kappa shape index (κ3) is 4.86. The fraction of sp³-hybridized carbons (Fsp3) is 0.458. The molecule has 0 unspecified atom stereocenters. The second-order valence-corrected chi connectivity index (χ2v) is 7.89. The zero-order chi connectivity index (χ0) is 20.1. The Hall–Kier alpha value is -2.49. The van der Waals surface area contributed by atoms with Gasteiger partial charge in [-0.15, -0.1) is 0 Å². The number of rotatable bonds is 6. The molecule has 1 saturated heterocycles. The standard InChI is InChI=1S/C24H32N2O2/c1-5-28-23-13-10-21(15-18(23)3)24(27)25-19(4)20-8-11-22(12-9-20)26-14-6-7-17(2)16-26/h8-13,15,17,19H,5-7,14,16H2,1-4H3,(H,25,27)/t17-,19+/m0/s1. The molecule has 4 nitrogen and oxygen atoms in total. The monoisotopic (exact) mass is 380 g/mol. The SMILES string of the molecule is CCOc1ccc(C(=O)N[C@H](C)c2ccc(N3CCC[C@H](C)C3)cc2)cc1C. The Morgan fingerprint density at radius 3 is 2.64 bits per heavy atom. The van der Waals surface area contributed by atoms with Gasteiger partial charge in [0.2, 0.25) is 0 Å². The van der Waals surface area contributed by atoms with Gasteiger partial charge in [0.25, 0.3) is 5.91 Å². The van der Waals surface area contributed by atoms with Crippen molar-refractivity contribution < 1.29 is 9.53 Å². The molecule has 0 radical (unpaired) electrons. The van der Waals surface area contributed by atoms with Crippen LogP contribution in [0.3, 0.4) is 0 Å². The van der Waals surface area contributed by atoms with Crippen molar-refractivity contribution >= 4 is 11.6 Å². The van der Waals surface area contributed by atoms with Gasteiger partial charge >= 0.3 is 0 Å². The van der Waals surface area contributed by atoms with E-state index in [2.05, 4.69) is 41.4 Å². The van der Waals surface area contributed by atoms with Crippen LogP contribution < -0.4 is 15.0 Å². The van der Waals surface area contributed by atoms with E-state index in [1.807, 2.05) is 39.0 Å². The number of hydrogen-bond acceptors (Lipinski definition) is 3. The first-order valence-electron chi connectivity index (χ1n) is 10.4. The summed E-state index contributed by atoms with van der Waals surface area (Å²) in [4.78, 5) is 15.1. The zero-order valence-electron chi connectivity index (χ0n) is 17.5. The van der Waals surface area contributed by atoms with Crippen LogP contribution in [0.2, 0.25) is 0 Å². The quantitative estimate of drug-likeness (QED) is 0.756. The summed E-state index contributed by atoms with van der Waals surface area (Å²) < 4.78 is 5.55. The van der Waals surface area contributed by atoms with Gasteiger partial charge in [-0.25, -0.2) is 0 Å². The Kier molecular flexibility index (Phi) is 6.61. The molecular formula is C24H32N2O2. The molecule has 1 fully saturated rings. The summed E-state index contributed by atoms with van der Waals surface area (Å²) in [6.45, 7) is 11.1. The molecule has 150 valence electrons. The normalized spacial score (nSPS) is 17.9. The molecular weight excluding hydrogens is 348 g/mol. The molecule has 1 aliphatic heterocycles.